The molecule has 0 atom stereocenters. The highest BCUT2D eigenvalue weighted by Crippen LogP contribution is 2.20. The quantitative estimate of drug-likeness (QED) is 0.858. The van der Waals surface area contributed by atoms with Gasteiger partial charge in [-0.25, -0.2) is 0 Å². The first kappa shape index (κ1) is 14.8. The Bertz CT molecular complexity index is 645. The second-order valence-electron chi connectivity index (χ2n) is 4.76. The summed E-state index contributed by atoms with van der Waals surface area (Å²) in [6, 6.07) is 12.6. The zero-order valence-electron chi connectivity index (χ0n) is 12.1. The van der Waals surface area contributed by atoms with Gasteiger partial charge in [-0.2, -0.15) is 0 Å². The van der Waals surface area contributed by atoms with Crippen LogP contribution in [-0.4, -0.2) is 18.8 Å². The maximum Gasteiger partial charge on any atom is 0.262 e. The number of ether oxygens (including phenoxy) is 1. The van der Waals surface area contributed by atoms with Gasteiger partial charge in [-0.15, -0.1) is 0 Å². The Hall–Kier alpha value is -2.62. The number of anilines is 1. The fourth-order valence-electron chi connectivity index (χ4n) is 2.04. The number of amides is 1. The SMILES string of the molecule is Cc1cccc(C)c1NC(=O)COc1ccccc1C=O. The van der Waals surface area contributed by atoms with Crippen molar-refractivity contribution in [2.24, 2.45) is 0 Å². The lowest BCUT2D eigenvalue weighted by molar-refractivity contribution is -0.118. The van der Waals surface area contributed by atoms with Gasteiger partial charge in [0.15, 0.2) is 12.9 Å². The third-order valence-corrected chi connectivity index (χ3v) is 3.15. The van der Waals surface area contributed by atoms with Gasteiger partial charge < -0.3 is 10.1 Å². The molecule has 0 unspecified atom stereocenters. The van der Waals surface area contributed by atoms with E-state index in [1.165, 1.54) is 0 Å². The zero-order chi connectivity index (χ0) is 15.2. The average molecular weight is 283 g/mol. The molecule has 0 fully saturated rings. The van der Waals surface area contributed by atoms with Gasteiger partial charge in [-0.05, 0) is 37.1 Å². The van der Waals surface area contributed by atoms with Gasteiger partial charge in [0.2, 0.25) is 0 Å². The van der Waals surface area contributed by atoms with Gasteiger partial charge in [0.25, 0.3) is 5.91 Å². The Morgan fingerprint density at radius 3 is 2.43 bits per heavy atom. The molecule has 4 nitrogen and oxygen atoms in total. The van der Waals surface area contributed by atoms with Gasteiger partial charge in [0, 0.05) is 5.69 Å². The van der Waals surface area contributed by atoms with Crippen molar-refractivity contribution in [3.8, 4) is 5.75 Å². The number of hydrogen-bond donors (Lipinski definition) is 1. The fourth-order valence-corrected chi connectivity index (χ4v) is 2.04. The molecule has 1 N–H and O–H groups in total. The average Bonchev–Trinajstić information content (AvgIpc) is 2.49. The van der Waals surface area contributed by atoms with Crippen molar-refractivity contribution in [1.29, 1.82) is 0 Å². The van der Waals surface area contributed by atoms with E-state index in [4.69, 9.17) is 4.74 Å². The van der Waals surface area contributed by atoms with Crippen molar-refractivity contribution in [2.75, 3.05) is 11.9 Å². The molecule has 0 aliphatic rings. The zero-order valence-corrected chi connectivity index (χ0v) is 12.1. The minimum Gasteiger partial charge on any atom is -0.483 e. The fraction of sp³-hybridized carbons (Fsp3) is 0.176. The highest BCUT2D eigenvalue weighted by atomic mass is 16.5. The summed E-state index contributed by atoms with van der Waals surface area (Å²) in [5, 5.41) is 2.83. The lowest BCUT2D eigenvalue weighted by Gasteiger charge is -2.12. The lowest BCUT2D eigenvalue weighted by Crippen LogP contribution is -2.21. The van der Waals surface area contributed by atoms with Crippen LogP contribution < -0.4 is 10.1 Å². The number of carbonyl (C=O) groups excluding carboxylic acids is 2. The van der Waals surface area contributed by atoms with Crippen LogP contribution in [0.25, 0.3) is 0 Å². The van der Waals surface area contributed by atoms with E-state index in [0.29, 0.717) is 17.6 Å². The number of nitrogens with one attached hydrogen (secondary N) is 1. The van der Waals surface area contributed by atoms with E-state index in [0.717, 1.165) is 16.8 Å². The molecule has 0 radical (unpaired) electrons. The van der Waals surface area contributed by atoms with Gasteiger partial charge in [0.05, 0.1) is 5.56 Å². The number of para-hydroxylation sites is 2. The number of carbonyl (C=O) groups is 2. The van der Waals surface area contributed by atoms with Crippen LogP contribution in [0, 0.1) is 13.8 Å². The second-order valence-corrected chi connectivity index (χ2v) is 4.76. The second kappa shape index (κ2) is 6.70. The van der Waals surface area contributed by atoms with Crippen LogP contribution in [0.1, 0.15) is 21.5 Å². The van der Waals surface area contributed by atoms with Crippen molar-refractivity contribution in [1.82, 2.24) is 0 Å². The van der Waals surface area contributed by atoms with E-state index in [9.17, 15) is 9.59 Å². The van der Waals surface area contributed by atoms with Crippen molar-refractivity contribution in [3.05, 3.63) is 59.2 Å². The van der Waals surface area contributed by atoms with Crippen LogP contribution >= 0.6 is 0 Å². The molecule has 0 saturated heterocycles. The molecule has 21 heavy (non-hydrogen) atoms. The number of benzene rings is 2. The highest BCUT2D eigenvalue weighted by molar-refractivity contribution is 5.93. The summed E-state index contributed by atoms with van der Waals surface area (Å²) in [5.74, 6) is 0.150. The van der Waals surface area contributed by atoms with E-state index >= 15 is 0 Å². The highest BCUT2D eigenvalue weighted by Gasteiger charge is 2.09. The molecule has 2 aromatic rings. The first-order valence-corrected chi connectivity index (χ1v) is 6.65. The monoisotopic (exact) mass is 283 g/mol. The molecule has 0 saturated carbocycles. The van der Waals surface area contributed by atoms with Gasteiger partial charge in [-0.3, -0.25) is 9.59 Å². The standard InChI is InChI=1S/C17H17NO3/c1-12-6-5-7-13(2)17(12)18-16(20)11-21-15-9-4-3-8-14(15)10-19/h3-10H,11H2,1-2H3,(H,18,20). The summed E-state index contributed by atoms with van der Waals surface area (Å²) in [6.45, 7) is 3.73. The topological polar surface area (TPSA) is 55.4 Å². The Balaban J connectivity index is 2.01. The molecular formula is C17H17NO3. The summed E-state index contributed by atoms with van der Waals surface area (Å²) in [7, 11) is 0. The number of rotatable bonds is 5. The Morgan fingerprint density at radius 1 is 1.10 bits per heavy atom. The molecule has 0 bridgehead atoms. The minimum atomic E-state index is -0.256. The summed E-state index contributed by atoms with van der Waals surface area (Å²) in [6.07, 6.45) is 0.707. The number of aryl methyl sites for hydroxylation is 2. The smallest absolute Gasteiger partial charge is 0.262 e. The van der Waals surface area contributed by atoms with Crippen LogP contribution in [-0.2, 0) is 4.79 Å². The molecule has 1 amide bonds. The van der Waals surface area contributed by atoms with Gasteiger partial charge in [-0.1, -0.05) is 30.3 Å². The van der Waals surface area contributed by atoms with Crippen molar-refractivity contribution in [2.45, 2.75) is 13.8 Å². The van der Waals surface area contributed by atoms with Crippen molar-refractivity contribution >= 4 is 17.9 Å². The molecule has 2 rings (SSSR count). The molecule has 0 aliphatic heterocycles. The summed E-state index contributed by atoms with van der Waals surface area (Å²) < 4.78 is 5.40. The Morgan fingerprint density at radius 2 is 1.76 bits per heavy atom. The van der Waals surface area contributed by atoms with Gasteiger partial charge >= 0.3 is 0 Å². The molecule has 0 spiro atoms. The molecule has 0 aliphatic carbocycles. The van der Waals surface area contributed by atoms with E-state index in [-0.39, 0.29) is 12.5 Å². The molecule has 2 aromatic carbocycles. The molecular weight excluding hydrogens is 266 g/mol. The third-order valence-electron chi connectivity index (χ3n) is 3.15. The number of aldehydes is 1. The van der Waals surface area contributed by atoms with E-state index in [1.54, 1.807) is 24.3 Å². The van der Waals surface area contributed by atoms with Crippen molar-refractivity contribution < 1.29 is 14.3 Å². The minimum absolute atomic E-state index is 0.140. The van der Waals surface area contributed by atoms with Crippen LogP contribution in [0.4, 0.5) is 5.69 Å². The summed E-state index contributed by atoms with van der Waals surface area (Å²) in [5.41, 5.74) is 3.22. The third kappa shape index (κ3) is 3.69. The largest absolute Gasteiger partial charge is 0.483 e. The molecule has 4 heteroatoms. The van der Waals surface area contributed by atoms with Crippen LogP contribution in [0.2, 0.25) is 0 Å². The lowest BCUT2D eigenvalue weighted by atomic mass is 10.1. The number of hydrogen-bond acceptors (Lipinski definition) is 3. The van der Waals surface area contributed by atoms with E-state index < -0.39 is 0 Å². The summed E-state index contributed by atoms with van der Waals surface area (Å²) >= 11 is 0. The van der Waals surface area contributed by atoms with Crippen LogP contribution in [0.15, 0.2) is 42.5 Å². The Labute approximate surface area is 123 Å². The predicted octanol–water partition coefficient (Wildman–Crippen LogP) is 3.13. The predicted molar refractivity (Wildman–Crippen MR) is 81.9 cm³/mol. The normalized spacial score (nSPS) is 10.0. The van der Waals surface area contributed by atoms with Gasteiger partial charge in [0.1, 0.15) is 5.75 Å². The molecule has 108 valence electrons. The first-order valence-electron chi connectivity index (χ1n) is 6.65. The van der Waals surface area contributed by atoms with Crippen LogP contribution in [0.3, 0.4) is 0 Å². The first-order chi connectivity index (χ1) is 10.1. The maximum absolute atomic E-state index is 12.0. The molecule has 0 aromatic heterocycles. The Kier molecular flexibility index (Phi) is 4.72. The van der Waals surface area contributed by atoms with E-state index in [2.05, 4.69) is 5.32 Å². The maximum atomic E-state index is 12.0. The van der Waals surface area contributed by atoms with E-state index in [1.807, 2.05) is 32.0 Å². The van der Waals surface area contributed by atoms with Crippen LogP contribution in [0.5, 0.6) is 5.75 Å². The van der Waals surface area contributed by atoms with Crippen molar-refractivity contribution in [3.63, 3.8) is 0 Å². The molecule has 0 heterocycles. The summed E-state index contributed by atoms with van der Waals surface area (Å²) in [4.78, 5) is 22.8.